The van der Waals surface area contributed by atoms with Gasteiger partial charge in [-0.05, 0) is 82.8 Å². The van der Waals surface area contributed by atoms with Crippen LogP contribution in [-0.4, -0.2) is 35.7 Å². The van der Waals surface area contributed by atoms with Crippen LogP contribution in [0.4, 0.5) is 4.79 Å². The highest BCUT2D eigenvalue weighted by atomic mass is 16.6. The molecule has 2 aromatic rings. The number of fused-ring (bicyclic) bond motifs is 1. The van der Waals surface area contributed by atoms with Gasteiger partial charge >= 0.3 is 11.7 Å². The minimum Gasteiger partial charge on any atom is -0.444 e. The Morgan fingerprint density at radius 1 is 1.21 bits per heavy atom. The molecule has 0 radical (unpaired) electrons. The lowest BCUT2D eigenvalue weighted by Gasteiger charge is -2.36. The number of aryl methyl sites for hydroxylation is 2. The van der Waals surface area contributed by atoms with Gasteiger partial charge < -0.3 is 14.5 Å². The van der Waals surface area contributed by atoms with Crippen LogP contribution in [0.2, 0.25) is 0 Å². The summed E-state index contributed by atoms with van der Waals surface area (Å²) in [6.45, 7) is 11.8. The maximum atomic E-state index is 12.1. The second-order valence-electron chi connectivity index (χ2n) is 9.03. The zero-order valence-corrected chi connectivity index (χ0v) is 18.1. The second kappa shape index (κ2) is 8.57. The van der Waals surface area contributed by atoms with Crippen LogP contribution in [-0.2, 0) is 11.3 Å². The molecule has 1 atom stereocenters. The molecule has 0 bridgehead atoms. The number of likely N-dealkylation sites (tertiary alicyclic amines) is 1. The molecule has 1 N–H and O–H groups in total. The van der Waals surface area contributed by atoms with E-state index in [0.717, 1.165) is 42.3 Å². The number of carbonyl (C=O) groups excluding carboxylic acids is 1. The van der Waals surface area contributed by atoms with E-state index in [1.54, 1.807) is 6.07 Å². The summed E-state index contributed by atoms with van der Waals surface area (Å²) >= 11 is 0. The first-order valence-corrected chi connectivity index (χ1v) is 10.4. The molecule has 158 valence electrons. The Bertz CT molecular complexity index is 942. The number of hydrogen-bond acceptors (Lipinski definition) is 5. The van der Waals surface area contributed by atoms with E-state index in [4.69, 9.17) is 9.15 Å². The normalized spacial score (nSPS) is 18.0. The molecule has 2 heterocycles. The fourth-order valence-corrected chi connectivity index (χ4v) is 3.85. The van der Waals surface area contributed by atoms with E-state index >= 15 is 0 Å². The van der Waals surface area contributed by atoms with E-state index in [-0.39, 0.29) is 17.8 Å². The van der Waals surface area contributed by atoms with E-state index in [9.17, 15) is 9.59 Å². The summed E-state index contributed by atoms with van der Waals surface area (Å²) in [5.41, 5.74) is 3.06. The first-order valence-electron chi connectivity index (χ1n) is 10.4. The number of piperidine rings is 1. The van der Waals surface area contributed by atoms with Crippen LogP contribution >= 0.6 is 0 Å². The van der Waals surface area contributed by atoms with E-state index in [2.05, 4.69) is 23.2 Å². The van der Waals surface area contributed by atoms with Crippen LogP contribution in [0.15, 0.2) is 27.4 Å². The monoisotopic (exact) mass is 400 g/mol. The van der Waals surface area contributed by atoms with Crippen LogP contribution in [0, 0.1) is 13.8 Å². The number of ether oxygens (including phenoxy) is 1. The smallest absolute Gasteiger partial charge is 0.407 e. The second-order valence-corrected chi connectivity index (χ2v) is 9.03. The van der Waals surface area contributed by atoms with Crippen LogP contribution < -0.4 is 10.9 Å². The molecule has 6 heteroatoms. The highest BCUT2D eigenvalue weighted by molar-refractivity contribution is 5.81. The van der Waals surface area contributed by atoms with Gasteiger partial charge in [-0.3, -0.25) is 4.90 Å². The van der Waals surface area contributed by atoms with Crippen LogP contribution in [0.5, 0.6) is 0 Å². The molecule has 1 aliphatic heterocycles. The Kier molecular flexibility index (Phi) is 6.32. The number of carbonyl (C=O) groups is 1. The summed E-state index contributed by atoms with van der Waals surface area (Å²) < 4.78 is 10.8. The Balaban J connectivity index is 1.78. The van der Waals surface area contributed by atoms with Crippen molar-refractivity contribution < 1.29 is 13.9 Å². The number of amides is 1. The molecule has 1 unspecified atom stereocenters. The molecule has 1 aromatic carbocycles. The van der Waals surface area contributed by atoms with Crippen molar-refractivity contribution in [3.63, 3.8) is 0 Å². The summed E-state index contributed by atoms with van der Waals surface area (Å²) in [7, 11) is 0. The maximum absolute atomic E-state index is 12.1. The number of nitrogens with one attached hydrogen (secondary N) is 1. The molecule has 1 amide bonds. The average molecular weight is 401 g/mol. The zero-order valence-electron chi connectivity index (χ0n) is 18.1. The van der Waals surface area contributed by atoms with Crippen molar-refractivity contribution in [2.24, 2.45) is 0 Å². The van der Waals surface area contributed by atoms with E-state index in [1.807, 2.05) is 33.8 Å². The Labute approximate surface area is 172 Å². The van der Waals surface area contributed by atoms with Crippen molar-refractivity contribution in [1.82, 2.24) is 10.2 Å². The minimum absolute atomic E-state index is 0.213. The lowest BCUT2D eigenvalue weighted by molar-refractivity contribution is 0.0492. The van der Waals surface area contributed by atoms with Crippen molar-refractivity contribution in [1.29, 1.82) is 0 Å². The van der Waals surface area contributed by atoms with Gasteiger partial charge in [0.25, 0.3) is 0 Å². The summed E-state index contributed by atoms with van der Waals surface area (Å²) in [6, 6.07) is 5.85. The van der Waals surface area contributed by atoms with Gasteiger partial charge in [0.2, 0.25) is 0 Å². The van der Waals surface area contributed by atoms with Gasteiger partial charge in [-0.25, -0.2) is 9.59 Å². The van der Waals surface area contributed by atoms with Crippen molar-refractivity contribution in [2.75, 3.05) is 13.1 Å². The van der Waals surface area contributed by atoms with Gasteiger partial charge in [0, 0.05) is 30.6 Å². The number of benzene rings is 1. The quantitative estimate of drug-likeness (QED) is 0.775. The molecule has 0 spiro atoms. The van der Waals surface area contributed by atoms with Gasteiger partial charge in [0.1, 0.15) is 11.2 Å². The number of rotatable bonds is 4. The Morgan fingerprint density at radius 3 is 2.66 bits per heavy atom. The largest absolute Gasteiger partial charge is 0.444 e. The highest BCUT2D eigenvalue weighted by Crippen LogP contribution is 2.25. The molecule has 1 aliphatic rings. The molecule has 0 saturated carbocycles. The zero-order chi connectivity index (χ0) is 21.2. The summed E-state index contributed by atoms with van der Waals surface area (Å²) in [5, 5.41) is 3.89. The summed E-state index contributed by atoms with van der Waals surface area (Å²) in [5.74, 6) is 0. The highest BCUT2D eigenvalue weighted by Gasteiger charge is 2.25. The van der Waals surface area contributed by atoms with Crippen molar-refractivity contribution in [3.8, 4) is 0 Å². The fourth-order valence-electron chi connectivity index (χ4n) is 3.85. The van der Waals surface area contributed by atoms with E-state index in [0.29, 0.717) is 18.7 Å². The third-order valence-electron chi connectivity index (χ3n) is 5.45. The molecule has 1 saturated heterocycles. The standard InChI is InChI=1S/C23H32N2O4/c1-15-10-19-17(12-21(26)28-20(19)11-16(15)2)14-25-9-7-6-8-18(25)13-24-22(27)29-23(3,4)5/h10-12,18H,6-9,13-14H2,1-5H3,(H,24,27). The summed E-state index contributed by atoms with van der Waals surface area (Å²) in [4.78, 5) is 26.5. The molecule has 29 heavy (non-hydrogen) atoms. The molecule has 1 aromatic heterocycles. The van der Waals surface area contributed by atoms with Gasteiger partial charge in [-0.15, -0.1) is 0 Å². The lowest BCUT2D eigenvalue weighted by atomic mass is 9.99. The molecule has 6 nitrogen and oxygen atoms in total. The van der Waals surface area contributed by atoms with Crippen molar-refractivity contribution in [2.45, 2.75) is 72.1 Å². The fraction of sp³-hybridized carbons (Fsp3) is 0.565. The third-order valence-corrected chi connectivity index (χ3v) is 5.45. The number of hydrogen-bond donors (Lipinski definition) is 1. The topological polar surface area (TPSA) is 71.8 Å². The van der Waals surface area contributed by atoms with Crippen molar-refractivity contribution in [3.05, 3.63) is 45.3 Å². The molecular weight excluding hydrogens is 368 g/mol. The van der Waals surface area contributed by atoms with Crippen LogP contribution in [0.1, 0.15) is 56.7 Å². The first-order chi connectivity index (χ1) is 13.6. The molecule has 1 fully saturated rings. The lowest BCUT2D eigenvalue weighted by Crippen LogP contribution is -2.47. The van der Waals surface area contributed by atoms with Gasteiger partial charge in [0.15, 0.2) is 0 Å². The Hall–Kier alpha value is -2.34. The molecule has 0 aliphatic carbocycles. The minimum atomic E-state index is -0.511. The van der Waals surface area contributed by atoms with E-state index in [1.165, 1.54) is 5.56 Å². The first kappa shape index (κ1) is 21.4. The molecule has 3 rings (SSSR count). The van der Waals surface area contributed by atoms with Gasteiger partial charge in [-0.1, -0.05) is 6.42 Å². The molecular formula is C23H32N2O4. The van der Waals surface area contributed by atoms with Gasteiger partial charge in [0.05, 0.1) is 0 Å². The third kappa shape index (κ3) is 5.60. The Morgan fingerprint density at radius 2 is 1.93 bits per heavy atom. The summed E-state index contributed by atoms with van der Waals surface area (Å²) in [6.07, 6.45) is 2.86. The number of alkyl carbamates (subject to hydrolysis) is 1. The van der Waals surface area contributed by atoms with E-state index < -0.39 is 5.60 Å². The van der Waals surface area contributed by atoms with Gasteiger partial charge in [-0.2, -0.15) is 0 Å². The van der Waals surface area contributed by atoms with Crippen molar-refractivity contribution >= 4 is 17.1 Å². The SMILES string of the molecule is Cc1cc2oc(=O)cc(CN3CCCCC3CNC(=O)OC(C)(C)C)c2cc1C. The predicted molar refractivity (Wildman–Crippen MR) is 114 cm³/mol. The maximum Gasteiger partial charge on any atom is 0.407 e. The average Bonchev–Trinajstić information content (AvgIpc) is 2.61. The van der Waals surface area contributed by atoms with Crippen LogP contribution in [0.25, 0.3) is 11.0 Å². The number of nitrogens with zero attached hydrogens (tertiary/aromatic N) is 1. The predicted octanol–water partition coefficient (Wildman–Crippen LogP) is 4.29. The van der Waals surface area contributed by atoms with Crippen LogP contribution in [0.3, 0.4) is 0 Å².